The standard InChI is InChI=1S/C22H14F2N4.ClH/c23-16-8-5-14(6-9-16)20-12-25-21-10-7-15(13-28(20)21)18-11-26-27-22(18)17-3-1-2-4-19(17)24;/h1-13H,(H,26,27);1H. The van der Waals surface area contributed by atoms with Crippen molar-refractivity contribution in [2.24, 2.45) is 0 Å². The number of rotatable bonds is 3. The minimum absolute atomic E-state index is 0. The molecule has 2 aromatic carbocycles. The van der Waals surface area contributed by atoms with E-state index < -0.39 is 0 Å². The number of hydrogen-bond donors (Lipinski definition) is 1. The third-order valence-corrected chi connectivity index (χ3v) is 4.73. The molecule has 0 radical (unpaired) electrons. The molecule has 29 heavy (non-hydrogen) atoms. The molecule has 3 heterocycles. The first-order chi connectivity index (χ1) is 13.7. The fraction of sp³-hybridized carbons (Fsp3) is 0. The molecular weight excluding hydrogens is 394 g/mol. The lowest BCUT2D eigenvalue weighted by Gasteiger charge is -2.07. The van der Waals surface area contributed by atoms with Crippen LogP contribution in [0.4, 0.5) is 8.78 Å². The third kappa shape index (κ3) is 3.28. The Morgan fingerprint density at radius 1 is 0.828 bits per heavy atom. The molecule has 0 fully saturated rings. The summed E-state index contributed by atoms with van der Waals surface area (Å²) in [5, 5.41) is 7.08. The molecule has 0 saturated heterocycles. The van der Waals surface area contributed by atoms with Crippen LogP contribution in [0.15, 0.2) is 79.3 Å². The second kappa shape index (κ2) is 7.48. The molecule has 0 aliphatic rings. The highest BCUT2D eigenvalue weighted by Crippen LogP contribution is 2.32. The van der Waals surface area contributed by atoms with Gasteiger partial charge in [0.05, 0.1) is 11.9 Å². The molecule has 0 bridgehead atoms. The number of fused-ring (bicyclic) bond motifs is 1. The van der Waals surface area contributed by atoms with Crippen molar-refractivity contribution in [2.45, 2.75) is 0 Å². The van der Waals surface area contributed by atoms with Crippen molar-refractivity contribution in [3.8, 4) is 33.6 Å². The van der Waals surface area contributed by atoms with Crippen LogP contribution in [0.2, 0.25) is 0 Å². The van der Waals surface area contributed by atoms with Gasteiger partial charge in [0.15, 0.2) is 0 Å². The van der Waals surface area contributed by atoms with E-state index in [0.717, 1.165) is 28.0 Å². The maximum atomic E-state index is 14.3. The smallest absolute Gasteiger partial charge is 0.137 e. The van der Waals surface area contributed by atoms with Gasteiger partial charge >= 0.3 is 0 Å². The highest BCUT2D eigenvalue weighted by atomic mass is 35.5. The quantitative estimate of drug-likeness (QED) is 0.412. The largest absolute Gasteiger partial charge is 0.299 e. The number of aromatic amines is 1. The van der Waals surface area contributed by atoms with Gasteiger partial charge in [0, 0.05) is 34.6 Å². The lowest BCUT2D eigenvalue weighted by atomic mass is 10.0. The Hall–Kier alpha value is -3.51. The van der Waals surface area contributed by atoms with Gasteiger partial charge in [0.2, 0.25) is 0 Å². The van der Waals surface area contributed by atoms with E-state index in [1.54, 1.807) is 42.7 Å². The SMILES string of the molecule is Cl.Fc1ccc(-c2cnc3ccc(-c4c[nH]nc4-c4ccccc4F)cn23)cc1. The number of hydrogen-bond acceptors (Lipinski definition) is 2. The van der Waals surface area contributed by atoms with Crippen molar-refractivity contribution < 1.29 is 8.78 Å². The van der Waals surface area contributed by atoms with Crippen molar-refractivity contribution in [2.75, 3.05) is 0 Å². The van der Waals surface area contributed by atoms with E-state index in [1.165, 1.54) is 18.2 Å². The third-order valence-electron chi connectivity index (χ3n) is 4.73. The minimum atomic E-state index is -0.327. The normalized spacial score (nSPS) is 10.8. The van der Waals surface area contributed by atoms with Crippen molar-refractivity contribution >= 4 is 18.1 Å². The summed E-state index contributed by atoms with van der Waals surface area (Å²) in [5.74, 6) is -0.613. The topological polar surface area (TPSA) is 46.0 Å². The molecule has 5 aromatic rings. The van der Waals surface area contributed by atoms with Crippen molar-refractivity contribution in [1.82, 2.24) is 19.6 Å². The summed E-state index contributed by atoms with van der Waals surface area (Å²) in [6.07, 6.45) is 5.42. The summed E-state index contributed by atoms with van der Waals surface area (Å²) in [6, 6.07) is 16.6. The molecule has 0 amide bonds. The first-order valence-corrected chi connectivity index (χ1v) is 8.73. The molecule has 3 aromatic heterocycles. The fourth-order valence-corrected chi connectivity index (χ4v) is 3.34. The van der Waals surface area contributed by atoms with E-state index in [4.69, 9.17) is 0 Å². The average molecular weight is 409 g/mol. The van der Waals surface area contributed by atoms with Gasteiger partial charge in [0.1, 0.15) is 23.0 Å². The van der Waals surface area contributed by atoms with E-state index in [0.29, 0.717) is 11.3 Å². The van der Waals surface area contributed by atoms with Crippen LogP contribution < -0.4 is 0 Å². The van der Waals surface area contributed by atoms with Crippen molar-refractivity contribution in [3.05, 3.63) is 90.9 Å². The molecule has 1 N–H and O–H groups in total. The zero-order valence-electron chi connectivity index (χ0n) is 15.0. The van der Waals surface area contributed by atoms with Crippen LogP contribution in [0, 0.1) is 11.6 Å². The number of nitrogens with zero attached hydrogens (tertiary/aromatic N) is 3. The van der Waals surface area contributed by atoms with Crippen LogP contribution in [0.1, 0.15) is 0 Å². The number of pyridine rings is 1. The second-order valence-electron chi connectivity index (χ2n) is 6.42. The summed E-state index contributed by atoms with van der Waals surface area (Å²) in [4.78, 5) is 4.42. The first-order valence-electron chi connectivity index (χ1n) is 8.73. The molecule has 5 rings (SSSR count). The zero-order valence-corrected chi connectivity index (χ0v) is 15.8. The summed E-state index contributed by atoms with van der Waals surface area (Å²) < 4.78 is 29.5. The maximum Gasteiger partial charge on any atom is 0.137 e. The van der Waals surface area contributed by atoms with Crippen LogP contribution in [0.5, 0.6) is 0 Å². The Bertz CT molecular complexity index is 1290. The number of aromatic nitrogens is 4. The van der Waals surface area contributed by atoms with Gasteiger partial charge in [-0.05, 0) is 48.5 Å². The van der Waals surface area contributed by atoms with Crippen LogP contribution in [-0.2, 0) is 0 Å². The molecule has 0 atom stereocenters. The molecular formula is C22H15ClF2N4. The summed E-state index contributed by atoms with van der Waals surface area (Å²) in [7, 11) is 0. The van der Waals surface area contributed by atoms with Gasteiger partial charge in [0.25, 0.3) is 0 Å². The monoisotopic (exact) mass is 408 g/mol. The number of imidazole rings is 1. The van der Waals surface area contributed by atoms with Gasteiger partial charge in [-0.1, -0.05) is 12.1 Å². The van der Waals surface area contributed by atoms with E-state index in [9.17, 15) is 8.78 Å². The molecule has 0 aliphatic carbocycles. The average Bonchev–Trinajstić information content (AvgIpc) is 3.35. The number of H-pyrrole nitrogens is 1. The Kier molecular flexibility index (Phi) is 4.86. The fourth-order valence-electron chi connectivity index (χ4n) is 3.34. The number of halogens is 3. The second-order valence-corrected chi connectivity index (χ2v) is 6.42. The van der Waals surface area contributed by atoms with Gasteiger partial charge in [-0.2, -0.15) is 5.10 Å². The van der Waals surface area contributed by atoms with Crippen LogP contribution in [0.3, 0.4) is 0 Å². The maximum absolute atomic E-state index is 14.3. The van der Waals surface area contributed by atoms with Crippen molar-refractivity contribution in [3.63, 3.8) is 0 Å². The van der Waals surface area contributed by atoms with Crippen LogP contribution in [-0.4, -0.2) is 19.6 Å². The molecule has 7 heteroatoms. The predicted octanol–water partition coefficient (Wildman–Crippen LogP) is 5.76. The van der Waals surface area contributed by atoms with E-state index in [2.05, 4.69) is 15.2 Å². The van der Waals surface area contributed by atoms with Gasteiger partial charge in [-0.25, -0.2) is 13.8 Å². The van der Waals surface area contributed by atoms with Crippen LogP contribution >= 0.6 is 12.4 Å². The number of nitrogens with one attached hydrogen (secondary N) is 1. The summed E-state index contributed by atoms with van der Waals surface area (Å²) in [5.41, 5.74) is 5.08. The minimum Gasteiger partial charge on any atom is -0.299 e. The van der Waals surface area contributed by atoms with Gasteiger partial charge < -0.3 is 0 Å². The Labute approximate surface area is 171 Å². The molecule has 144 valence electrons. The van der Waals surface area contributed by atoms with Crippen molar-refractivity contribution in [1.29, 1.82) is 0 Å². The molecule has 0 unspecified atom stereocenters. The molecule has 4 nitrogen and oxygen atoms in total. The summed E-state index contributed by atoms with van der Waals surface area (Å²) in [6.45, 7) is 0. The van der Waals surface area contributed by atoms with E-state index in [-0.39, 0.29) is 24.0 Å². The van der Waals surface area contributed by atoms with E-state index in [1.807, 2.05) is 22.7 Å². The van der Waals surface area contributed by atoms with Gasteiger partial charge in [-0.15, -0.1) is 12.4 Å². The van der Waals surface area contributed by atoms with Gasteiger partial charge in [-0.3, -0.25) is 9.50 Å². The molecule has 0 saturated carbocycles. The van der Waals surface area contributed by atoms with E-state index >= 15 is 0 Å². The Balaban J connectivity index is 0.00000205. The molecule has 0 spiro atoms. The Morgan fingerprint density at radius 3 is 2.38 bits per heavy atom. The lowest BCUT2D eigenvalue weighted by molar-refractivity contribution is 0.628. The zero-order chi connectivity index (χ0) is 19.1. The highest BCUT2D eigenvalue weighted by molar-refractivity contribution is 5.85. The Morgan fingerprint density at radius 2 is 1.59 bits per heavy atom. The lowest BCUT2D eigenvalue weighted by Crippen LogP contribution is -1.92. The number of benzene rings is 2. The first kappa shape index (κ1) is 18.8. The molecule has 0 aliphatic heterocycles. The highest BCUT2D eigenvalue weighted by Gasteiger charge is 2.15. The predicted molar refractivity (Wildman–Crippen MR) is 111 cm³/mol. The van der Waals surface area contributed by atoms with Crippen LogP contribution in [0.25, 0.3) is 39.3 Å². The summed E-state index contributed by atoms with van der Waals surface area (Å²) >= 11 is 0.